The standard InChI is InChI=1S/C25H23NO6/c1-25(2,24(28)29)32-19-8-3-6-17(14-19)7-4-12-26-13-5-9-20(26)23(27)18-10-11-21-22(15-18)31-16-30-21/h3-11,13-15H,12,16H2,1-2H3,(H,28,29)/b7-4+. The number of ketones is 1. The van der Waals surface area contributed by atoms with Crippen LogP contribution in [0.5, 0.6) is 17.2 Å². The fourth-order valence-corrected chi connectivity index (χ4v) is 3.29. The van der Waals surface area contributed by atoms with E-state index >= 15 is 0 Å². The number of hydrogen-bond donors (Lipinski definition) is 1. The van der Waals surface area contributed by atoms with Gasteiger partial charge in [0.05, 0.1) is 5.69 Å². The van der Waals surface area contributed by atoms with Gasteiger partial charge in [0.15, 0.2) is 17.1 Å². The summed E-state index contributed by atoms with van der Waals surface area (Å²) in [6, 6.07) is 16.0. The number of ether oxygens (including phenoxy) is 3. The van der Waals surface area contributed by atoms with Gasteiger partial charge in [-0.15, -0.1) is 0 Å². The van der Waals surface area contributed by atoms with E-state index in [0.717, 1.165) is 5.56 Å². The van der Waals surface area contributed by atoms with Crippen LogP contribution in [0.3, 0.4) is 0 Å². The zero-order chi connectivity index (χ0) is 22.7. The molecule has 32 heavy (non-hydrogen) atoms. The Morgan fingerprint density at radius 1 is 1.09 bits per heavy atom. The highest BCUT2D eigenvalue weighted by molar-refractivity contribution is 6.08. The summed E-state index contributed by atoms with van der Waals surface area (Å²) >= 11 is 0. The first kappa shape index (κ1) is 21.2. The molecule has 0 amide bonds. The third-order valence-corrected chi connectivity index (χ3v) is 5.06. The van der Waals surface area contributed by atoms with Crippen LogP contribution in [0, 0.1) is 0 Å². The van der Waals surface area contributed by atoms with Crippen molar-refractivity contribution in [3.8, 4) is 17.2 Å². The summed E-state index contributed by atoms with van der Waals surface area (Å²) in [5.74, 6) is 0.540. The van der Waals surface area contributed by atoms with Gasteiger partial charge in [0, 0.05) is 18.3 Å². The molecule has 0 saturated carbocycles. The second-order valence-corrected chi connectivity index (χ2v) is 7.84. The zero-order valence-electron chi connectivity index (χ0n) is 17.8. The van der Waals surface area contributed by atoms with E-state index in [9.17, 15) is 14.7 Å². The average molecular weight is 433 g/mol. The summed E-state index contributed by atoms with van der Waals surface area (Å²) in [7, 11) is 0. The van der Waals surface area contributed by atoms with Crippen molar-refractivity contribution in [2.24, 2.45) is 0 Å². The predicted octanol–water partition coefficient (Wildman–Crippen LogP) is 4.40. The number of carboxylic acid groups (broad SMARTS) is 1. The number of hydrogen-bond acceptors (Lipinski definition) is 5. The molecule has 0 unspecified atom stereocenters. The maximum atomic E-state index is 13.0. The van der Waals surface area contributed by atoms with E-state index in [-0.39, 0.29) is 12.6 Å². The molecular formula is C25H23NO6. The maximum Gasteiger partial charge on any atom is 0.347 e. The molecule has 0 atom stereocenters. The molecule has 7 heteroatoms. The van der Waals surface area contributed by atoms with Gasteiger partial charge in [0.1, 0.15) is 5.75 Å². The monoisotopic (exact) mass is 433 g/mol. The number of aromatic nitrogens is 1. The quantitative estimate of drug-likeness (QED) is 0.530. The number of aliphatic carboxylic acids is 1. The van der Waals surface area contributed by atoms with E-state index in [1.807, 2.05) is 35.0 Å². The van der Waals surface area contributed by atoms with Crippen LogP contribution in [-0.2, 0) is 11.3 Å². The fourth-order valence-electron chi connectivity index (χ4n) is 3.29. The molecule has 0 aliphatic carbocycles. The third-order valence-electron chi connectivity index (χ3n) is 5.06. The van der Waals surface area contributed by atoms with Crippen molar-refractivity contribution in [3.63, 3.8) is 0 Å². The fraction of sp³-hybridized carbons (Fsp3) is 0.200. The molecular weight excluding hydrogens is 410 g/mol. The molecule has 7 nitrogen and oxygen atoms in total. The van der Waals surface area contributed by atoms with Gasteiger partial charge in [-0.1, -0.05) is 24.3 Å². The van der Waals surface area contributed by atoms with Crippen LogP contribution in [0.1, 0.15) is 35.5 Å². The lowest BCUT2D eigenvalue weighted by atomic mass is 10.1. The number of nitrogens with zero attached hydrogens (tertiary/aromatic N) is 1. The van der Waals surface area contributed by atoms with Crippen molar-refractivity contribution in [1.29, 1.82) is 0 Å². The number of carbonyl (C=O) groups excluding carboxylic acids is 1. The largest absolute Gasteiger partial charge is 0.478 e. The van der Waals surface area contributed by atoms with E-state index in [4.69, 9.17) is 14.2 Å². The Morgan fingerprint density at radius 3 is 2.72 bits per heavy atom. The van der Waals surface area contributed by atoms with Crippen molar-refractivity contribution < 1.29 is 28.9 Å². The SMILES string of the molecule is CC(C)(Oc1cccc(/C=C/Cn2cccc2C(=O)c2ccc3c(c2)OCO3)c1)C(=O)O. The summed E-state index contributed by atoms with van der Waals surface area (Å²) in [6.07, 6.45) is 5.67. The van der Waals surface area contributed by atoms with Crippen LogP contribution >= 0.6 is 0 Å². The summed E-state index contributed by atoms with van der Waals surface area (Å²) < 4.78 is 18.1. The molecule has 0 saturated heterocycles. The van der Waals surface area contributed by atoms with Crippen LogP contribution in [0.25, 0.3) is 6.08 Å². The van der Waals surface area contributed by atoms with Gasteiger partial charge in [-0.25, -0.2) is 4.79 Å². The van der Waals surface area contributed by atoms with Gasteiger partial charge in [-0.2, -0.15) is 0 Å². The first-order valence-corrected chi connectivity index (χ1v) is 10.1. The Hall–Kier alpha value is -4.00. The second kappa shape index (κ2) is 8.63. The summed E-state index contributed by atoms with van der Waals surface area (Å²) in [4.78, 5) is 24.3. The van der Waals surface area contributed by atoms with Gasteiger partial charge < -0.3 is 23.9 Å². The Bertz CT molecular complexity index is 1190. The Balaban J connectivity index is 1.46. The smallest absolute Gasteiger partial charge is 0.347 e. The molecule has 0 fully saturated rings. The molecule has 2 aromatic carbocycles. The molecule has 4 rings (SSSR count). The summed E-state index contributed by atoms with van der Waals surface area (Å²) in [5, 5.41) is 9.24. The molecule has 0 spiro atoms. The van der Waals surface area contributed by atoms with Gasteiger partial charge in [0.25, 0.3) is 0 Å². The zero-order valence-corrected chi connectivity index (χ0v) is 17.8. The van der Waals surface area contributed by atoms with Crippen LogP contribution < -0.4 is 14.2 Å². The first-order chi connectivity index (χ1) is 15.3. The Labute approximate surface area is 185 Å². The van der Waals surface area contributed by atoms with Crippen molar-refractivity contribution in [1.82, 2.24) is 4.57 Å². The van der Waals surface area contributed by atoms with E-state index in [2.05, 4.69) is 0 Å². The van der Waals surface area contributed by atoms with Gasteiger partial charge in [0.2, 0.25) is 12.6 Å². The lowest BCUT2D eigenvalue weighted by molar-refractivity contribution is -0.152. The predicted molar refractivity (Wildman–Crippen MR) is 118 cm³/mol. The van der Waals surface area contributed by atoms with Crippen molar-refractivity contribution >= 4 is 17.8 Å². The summed E-state index contributed by atoms with van der Waals surface area (Å²) in [6.45, 7) is 3.66. The van der Waals surface area contributed by atoms with Crippen LogP contribution in [0.15, 0.2) is 66.9 Å². The number of rotatable bonds is 8. The van der Waals surface area contributed by atoms with Crippen LogP contribution in [0.2, 0.25) is 0 Å². The molecule has 1 aliphatic rings. The van der Waals surface area contributed by atoms with Crippen molar-refractivity contribution in [2.75, 3.05) is 6.79 Å². The Kier molecular flexibility index (Phi) is 5.73. The molecule has 1 aliphatic heterocycles. The van der Waals surface area contributed by atoms with Crippen LogP contribution in [0.4, 0.5) is 0 Å². The molecule has 3 aromatic rings. The molecule has 0 bridgehead atoms. The number of carboxylic acids is 1. The minimum absolute atomic E-state index is 0.104. The Morgan fingerprint density at radius 2 is 1.91 bits per heavy atom. The summed E-state index contributed by atoms with van der Waals surface area (Å²) in [5.41, 5.74) is 0.634. The number of carbonyl (C=O) groups is 2. The molecule has 1 aromatic heterocycles. The molecule has 1 N–H and O–H groups in total. The highest BCUT2D eigenvalue weighted by Crippen LogP contribution is 2.33. The average Bonchev–Trinajstić information content (AvgIpc) is 3.42. The van der Waals surface area contributed by atoms with Gasteiger partial charge >= 0.3 is 5.97 Å². The van der Waals surface area contributed by atoms with Crippen LogP contribution in [-0.4, -0.2) is 33.8 Å². The molecule has 164 valence electrons. The maximum absolute atomic E-state index is 13.0. The molecule has 2 heterocycles. The van der Waals surface area contributed by atoms with Crippen molar-refractivity contribution in [2.45, 2.75) is 26.0 Å². The van der Waals surface area contributed by atoms with E-state index in [0.29, 0.717) is 35.1 Å². The van der Waals surface area contributed by atoms with E-state index in [1.165, 1.54) is 13.8 Å². The minimum Gasteiger partial charge on any atom is -0.478 e. The highest BCUT2D eigenvalue weighted by atomic mass is 16.7. The lowest BCUT2D eigenvalue weighted by Crippen LogP contribution is -2.37. The number of fused-ring (bicyclic) bond motifs is 1. The van der Waals surface area contributed by atoms with E-state index in [1.54, 1.807) is 42.5 Å². The highest BCUT2D eigenvalue weighted by Gasteiger charge is 2.29. The third kappa shape index (κ3) is 4.51. The van der Waals surface area contributed by atoms with E-state index < -0.39 is 11.6 Å². The minimum atomic E-state index is -1.32. The second-order valence-electron chi connectivity index (χ2n) is 7.84. The van der Waals surface area contributed by atoms with Crippen molar-refractivity contribution in [3.05, 3.63) is 83.7 Å². The number of allylic oxidation sites excluding steroid dienone is 1. The lowest BCUT2D eigenvalue weighted by Gasteiger charge is -2.21. The first-order valence-electron chi connectivity index (χ1n) is 10.1. The normalized spacial score (nSPS) is 12.8. The topological polar surface area (TPSA) is 87.0 Å². The number of benzene rings is 2. The van der Waals surface area contributed by atoms with Gasteiger partial charge in [-0.05, 0) is 61.9 Å². The molecule has 0 radical (unpaired) electrons. The van der Waals surface area contributed by atoms with Gasteiger partial charge in [-0.3, -0.25) is 4.79 Å².